The summed E-state index contributed by atoms with van der Waals surface area (Å²) in [4.78, 5) is 27.6. The molecule has 0 spiro atoms. The number of amides is 1. The van der Waals surface area contributed by atoms with E-state index in [2.05, 4.69) is 20.8 Å². The van der Waals surface area contributed by atoms with Gasteiger partial charge in [0.2, 0.25) is 5.91 Å². The first-order valence-corrected chi connectivity index (χ1v) is 18.7. The minimum Gasteiger partial charge on any atom is -0.345 e. The van der Waals surface area contributed by atoms with Gasteiger partial charge in [-0.3, -0.25) is 9.59 Å². The normalized spacial score (nSPS) is 24.9. The third-order valence-corrected chi connectivity index (χ3v) is 10.4. The van der Waals surface area contributed by atoms with Gasteiger partial charge in [-0.1, -0.05) is 156 Å². The molecule has 2 aliphatic carbocycles. The number of fused-ring (bicyclic) bond motifs is 1. The Hall–Kier alpha value is -0.860. The van der Waals surface area contributed by atoms with E-state index < -0.39 is 0 Å². The molecular weight excluding hydrogens is 502 g/mol. The lowest BCUT2D eigenvalue weighted by Gasteiger charge is -2.22. The quantitative estimate of drug-likeness (QED) is 0.172. The molecule has 0 saturated heterocycles. The molecule has 4 unspecified atom stereocenters. The second-order valence-electron chi connectivity index (χ2n) is 14.7. The second-order valence-corrected chi connectivity index (χ2v) is 14.7. The molecule has 3 heteroatoms. The lowest BCUT2D eigenvalue weighted by Crippen LogP contribution is -2.30. The summed E-state index contributed by atoms with van der Waals surface area (Å²) in [6.45, 7) is 7.36. The number of hydrogen-bond donors (Lipinski definition) is 0. The van der Waals surface area contributed by atoms with E-state index in [1.807, 2.05) is 11.9 Å². The maximum atomic E-state index is 13.2. The van der Waals surface area contributed by atoms with Crippen LogP contribution >= 0.6 is 0 Å². The Labute approximate surface area is 256 Å². The van der Waals surface area contributed by atoms with Gasteiger partial charge in [0.1, 0.15) is 5.78 Å². The molecule has 0 aliphatic heterocycles. The summed E-state index contributed by atoms with van der Waals surface area (Å²) in [6, 6.07) is 0. The van der Waals surface area contributed by atoms with Crippen molar-refractivity contribution in [3.05, 3.63) is 0 Å². The number of rotatable bonds is 16. The second kappa shape index (κ2) is 22.6. The van der Waals surface area contributed by atoms with Crippen molar-refractivity contribution in [2.24, 2.45) is 29.6 Å². The molecule has 0 aromatic carbocycles. The first kappa shape index (κ1) is 36.3. The Kier molecular flexibility index (Phi) is 20.1. The van der Waals surface area contributed by atoms with Crippen LogP contribution < -0.4 is 0 Å². The molecule has 0 N–H and O–H groups in total. The molecule has 2 saturated carbocycles. The van der Waals surface area contributed by atoms with E-state index in [1.54, 1.807) is 0 Å². The molecule has 0 aromatic heterocycles. The highest BCUT2D eigenvalue weighted by molar-refractivity contribution is 5.85. The number of carbonyl (C=O) groups excluding carboxylic acids is 2. The maximum Gasteiger partial charge on any atom is 0.222 e. The Morgan fingerprint density at radius 3 is 1.71 bits per heavy atom. The molecule has 2 rings (SSSR count). The van der Waals surface area contributed by atoms with Gasteiger partial charge in [0.05, 0.1) is 0 Å². The number of unbranched alkanes of at least 4 members (excludes halogenated alkanes) is 7. The number of carbonyl (C=O) groups is 2. The Morgan fingerprint density at radius 2 is 1.15 bits per heavy atom. The van der Waals surface area contributed by atoms with Gasteiger partial charge >= 0.3 is 0 Å². The van der Waals surface area contributed by atoms with Crippen LogP contribution in [0.2, 0.25) is 0 Å². The Bertz CT molecular complexity index is 673. The van der Waals surface area contributed by atoms with E-state index in [0.29, 0.717) is 30.5 Å². The smallest absolute Gasteiger partial charge is 0.222 e. The third-order valence-electron chi connectivity index (χ3n) is 10.4. The van der Waals surface area contributed by atoms with E-state index in [1.165, 1.54) is 148 Å². The van der Waals surface area contributed by atoms with Crippen LogP contribution in [-0.2, 0) is 9.59 Å². The van der Waals surface area contributed by atoms with Crippen molar-refractivity contribution in [1.29, 1.82) is 0 Å². The van der Waals surface area contributed by atoms with E-state index in [0.717, 1.165) is 30.7 Å². The van der Waals surface area contributed by atoms with Crippen molar-refractivity contribution < 1.29 is 9.59 Å². The monoisotopic (exact) mass is 574 g/mol. The molecule has 1 amide bonds. The number of hydrogen-bond acceptors (Lipinski definition) is 2. The number of nitrogens with zero attached hydrogens (tertiary/aromatic N) is 1. The van der Waals surface area contributed by atoms with Gasteiger partial charge in [-0.15, -0.1) is 0 Å². The van der Waals surface area contributed by atoms with E-state index in [9.17, 15) is 9.59 Å². The highest BCUT2D eigenvalue weighted by Gasteiger charge is 2.46. The van der Waals surface area contributed by atoms with Gasteiger partial charge in [0, 0.05) is 32.9 Å². The van der Waals surface area contributed by atoms with Crippen LogP contribution in [0, 0.1) is 29.6 Å². The van der Waals surface area contributed by atoms with Crippen molar-refractivity contribution in [3.63, 3.8) is 0 Å². The first-order valence-electron chi connectivity index (χ1n) is 18.7. The minimum atomic E-state index is 0.135. The summed E-state index contributed by atoms with van der Waals surface area (Å²) in [5.41, 5.74) is 0. The average molecular weight is 574 g/mol. The van der Waals surface area contributed by atoms with Crippen LogP contribution in [0.15, 0.2) is 0 Å². The van der Waals surface area contributed by atoms with E-state index in [4.69, 9.17) is 0 Å². The van der Waals surface area contributed by atoms with Gasteiger partial charge in [-0.2, -0.15) is 0 Å². The van der Waals surface area contributed by atoms with Crippen molar-refractivity contribution in [2.75, 3.05) is 13.6 Å². The standard InChI is InChI=1S/C38H71NO2/c1-5-6-7-8-9-15-18-21-24-33-25-22-19-16-13-11-10-12-14-17-20-23-26-34(37-30-36(33)37)29-35(40)27-28-38(41)39(4)31-32(2)3/h32-34,36-37H,5-31H2,1-4H3. The molecule has 240 valence electrons. The van der Waals surface area contributed by atoms with Gasteiger partial charge in [-0.05, 0) is 42.4 Å². The largest absolute Gasteiger partial charge is 0.345 e. The van der Waals surface area contributed by atoms with Crippen molar-refractivity contribution >= 4 is 11.7 Å². The van der Waals surface area contributed by atoms with Crippen LogP contribution in [0.1, 0.15) is 188 Å². The summed E-state index contributed by atoms with van der Waals surface area (Å²) in [5, 5.41) is 0. The fraction of sp³-hybridized carbons (Fsp3) is 0.947. The van der Waals surface area contributed by atoms with Gasteiger partial charge in [-0.25, -0.2) is 0 Å². The van der Waals surface area contributed by atoms with Crippen LogP contribution in [-0.4, -0.2) is 30.2 Å². The highest BCUT2D eigenvalue weighted by atomic mass is 16.2. The van der Waals surface area contributed by atoms with Gasteiger partial charge in [0.15, 0.2) is 0 Å². The summed E-state index contributed by atoms with van der Waals surface area (Å²) in [5.74, 6) is 4.04. The van der Waals surface area contributed by atoms with Crippen LogP contribution in [0.4, 0.5) is 0 Å². The molecule has 4 atom stereocenters. The molecule has 41 heavy (non-hydrogen) atoms. The molecule has 3 nitrogen and oxygen atoms in total. The lowest BCUT2D eigenvalue weighted by atomic mass is 9.84. The summed E-state index contributed by atoms with van der Waals surface area (Å²) in [6.07, 6.45) is 33.7. The summed E-state index contributed by atoms with van der Waals surface area (Å²) in [7, 11) is 1.89. The zero-order valence-electron chi connectivity index (χ0n) is 28.2. The molecule has 2 aliphatic rings. The van der Waals surface area contributed by atoms with Crippen molar-refractivity contribution in [3.8, 4) is 0 Å². The molecule has 2 fully saturated rings. The fourth-order valence-corrected chi connectivity index (χ4v) is 7.79. The lowest BCUT2D eigenvalue weighted by molar-refractivity contribution is -0.132. The zero-order valence-corrected chi connectivity index (χ0v) is 28.2. The van der Waals surface area contributed by atoms with Crippen molar-refractivity contribution in [1.82, 2.24) is 4.90 Å². The third kappa shape index (κ3) is 17.1. The van der Waals surface area contributed by atoms with Crippen LogP contribution in [0.3, 0.4) is 0 Å². The number of Topliss-reactive ketones (excluding diaryl/α,β-unsaturated/α-hetero) is 1. The molecule has 0 aromatic rings. The summed E-state index contributed by atoms with van der Waals surface area (Å²) >= 11 is 0. The molecule has 0 heterocycles. The predicted octanol–water partition coefficient (Wildman–Crippen LogP) is 11.3. The Balaban J connectivity index is 1.90. The molecule has 0 bridgehead atoms. The Morgan fingerprint density at radius 1 is 0.659 bits per heavy atom. The fourth-order valence-electron chi connectivity index (χ4n) is 7.79. The van der Waals surface area contributed by atoms with Crippen LogP contribution in [0.5, 0.6) is 0 Å². The molecule has 0 radical (unpaired) electrons. The van der Waals surface area contributed by atoms with Crippen LogP contribution in [0.25, 0.3) is 0 Å². The maximum absolute atomic E-state index is 13.2. The van der Waals surface area contributed by atoms with Crippen molar-refractivity contribution in [2.45, 2.75) is 188 Å². The number of ketones is 1. The molecular formula is C38H71NO2. The topological polar surface area (TPSA) is 37.4 Å². The predicted molar refractivity (Wildman–Crippen MR) is 177 cm³/mol. The van der Waals surface area contributed by atoms with E-state index >= 15 is 0 Å². The SMILES string of the molecule is CCCCCCCCCCC1CCCCCCCCCCCCCC(CC(=O)CCC(=O)N(C)CC(C)C)C2CC12. The van der Waals surface area contributed by atoms with Gasteiger partial charge in [0.25, 0.3) is 0 Å². The van der Waals surface area contributed by atoms with Gasteiger partial charge < -0.3 is 4.90 Å². The van der Waals surface area contributed by atoms with E-state index in [-0.39, 0.29) is 5.91 Å². The minimum absolute atomic E-state index is 0.135. The first-order chi connectivity index (χ1) is 19.9. The average Bonchev–Trinajstić information content (AvgIpc) is 3.73. The zero-order chi connectivity index (χ0) is 29.7. The highest BCUT2D eigenvalue weighted by Crippen LogP contribution is 2.54. The summed E-state index contributed by atoms with van der Waals surface area (Å²) < 4.78 is 0.